The first kappa shape index (κ1) is 17.6. The fraction of sp³-hybridized carbons (Fsp3) is 0.864. The largest absolute Gasteiger partial charge is 0.463 e. The fourth-order valence-corrected chi connectivity index (χ4v) is 7.15. The monoisotopic (exact) mass is 346 g/mol. The van der Waals surface area contributed by atoms with Crippen molar-refractivity contribution in [2.75, 3.05) is 7.11 Å². The van der Waals surface area contributed by atoms with Crippen LogP contribution in [0.1, 0.15) is 72.1 Å². The van der Waals surface area contributed by atoms with E-state index in [0.717, 1.165) is 31.1 Å². The van der Waals surface area contributed by atoms with Crippen LogP contribution in [-0.4, -0.2) is 25.3 Å². The Balaban J connectivity index is 1.58. The van der Waals surface area contributed by atoms with Gasteiger partial charge in [0.1, 0.15) is 6.10 Å². The number of esters is 1. The Kier molecular flexibility index (Phi) is 4.30. The SMILES string of the molecule is CO[C@H]1CC[C@@]2(C)C(=CC[C@H]3[C@@H]4C[C@H](OC(C)=O)C[C@@]4(C)CC[C@@H]32)C1. The van der Waals surface area contributed by atoms with E-state index in [1.54, 1.807) is 12.5 Å². The van der Waals surface area contributed by atoms with E-state index < -0.39 is 0 Å². The average molecular weight is 347 g/mol. The molecule has 0 aliphatic heterocycles. The molecule has 3 heteroatoms. The summed E-state index contributed by atoms with van der Waals surface area (Å²) in [6, 6.07) is 0. The van der Waals surface area contributed by atoms with E-state index in [-0.39, 0.29) is 12.1 Å². The van der Waals surface area contributed by atoms with E-state index in [1.165, 1.54) is 32.1 Å². The van der Waals surface area contributed by atoms with Crippen molar-refractivity contribution < 1.29 is 14.3 Å². The van der Waals surface area contributed by atoms with Crippen molar-refractivity contribution in [3.8, 4) is 0 Å². The summed E-state index contributed by atoms with van der Waals surface area (Å²) in [5, 5.41) is 0. The predicted octanol–water partition coefficient (Wildman–Crippen LogP) is 4.90. The van der Waals surface area contributed by atoms with Crippen LogP contribution in [0.25, 0.3) is 0 Å². The van der Waals surface area contributed by atoms with Gasteiger partial charge in [0.25, 0.3) is 0 Å². The Bertz CT molecular complexity index is 582. The van der Waals surface area contributed by atoms with Gasteiger partial charge in [0, 0.05) is 14.0 Å². The van der Waals surface area contributed by atoms with Crippen LogP contribution in [0, 0.1) is 28.6 Å². The Morgan fingerprint density at radius 1 is 1.16 bits per heavy atom. The highest BCUT2D eigenvalue weighted by molar-refractivity contribution is 5.66. The van der Waals surface area contributed by atoms with Crippen LogP contribution in [0.15, 0.2) is 11.6 Å². The number of hydrogen-bond acceptors (Lipinski definition) is 3. The fourth-order valence-electron chi connectivity index (χ4n) is 7.15. The zero-order valence-electron chi connectivity index (χ0n) is 16.3. The molecule has 0 saturated heterocycles. The van der Waals surface area contributed by atoms with E-state index >= 15 is 0 Å². The van der Waals surface area contributed by atoms with Gasteiger partial charge in [-0.25, -0.2) is 0 Å². The van der Waals surface area contributed by atoms with Gasteiger partial charge in [-0.05, 0) is 80.0 Å². The molecule has 0 heterocycles. The molecule has 25 heavy (non-hydrogen) atoms. The zero-order chi connectivity index (χ0) is 17.8. The third kappa shape index (κ3) is 2.78. The number of carbonyl (C=O) groups excluding carboxylic acids is 1. The second kappa shape index (κ2) is 6.11. The van der Waals surface area contributed by atoms with Gasteiger partial charge in [-0.1, -0.05) is 25.5 Å². The van der Waals surface area contributed by atoms with Crippen molar-refractivity contribution >= 4 is 5.97 Å². The van der Waals surface area contributed by atoms with Crippen LogP contribution in [0.4, 0.5) is 0 Å². The predicted molar refractivity (Wildman–Crippen MR) is 98.1 cm³/mol. The highest BCUT2D eigenvalue weighted by Gasteiger charge is 2.58. The smallest absolute Gasteiger partial charge is 0.302 e. The van der Waals surface area contributed by atoms with Crippen LogP contribution in [0.3, 0.4) is 0 Å². The summed E-state index contributed by atoms with van der Waals surface area (Å²) in [7, 11) is 1.86. The molecule has 0 N–H and O–H groups in total. The van der Waals surface area contributed by atoms with Gasteiger partial charge >= 0.3 is 5.97 Å². The van der Waals surface area contributed by atoms with E-state index in [1.807, 2.05) is 7.11 Å². The van der Waals surface area contributed by atoms with Gasteiger partial charge in [-0.2, -0.15) is 0 Å². The van der Waals surface area contributed by atoms with E-state index in [0.29, 0.717) is 22.9 Å². The number of carbonyl (C=O) groups is 1. The van der Waals surface area contributed by atoms with Crippen LogP contribution >= 0.6 is 0 Å². The van der Waals surface area contributed by atoms with Crippen molar-refractivity contribution in [2.24, 2.45) is 28.6 Å². The van der Waals surface area contributed by atoms with Gasteiger partial charge in [-0.3, -0.25) is 4.79 Å². The van der Waals surface area contributed by atoms with Crippen LogP contribution < -0.4 is 0 Å². The van der Waals surface area contributed by atoms with Gasteiger partial charge < -0.3 is 9.47 Å². The third-order valence-corrected chi connectivity index (χ3v) is 8.45. The Morgan fingerprint density at radius 3 is 2.68 bits per heavy atom. The lowest BCUT2D eigenvalue weighted by molar-refractivity contribution is -0.146. The zero-order valence-corrected chi connectivity index (χ0v) is 16.3. The second-order valence-electron chi connectivity index (χ2n) is 9.72. The van der Waals surface area contributed by atoms with Gasteiger partial charge in [0.2, 0.25) is 0 Å². The summed E-state index contributed by atoms with van der Waals surface area (Å²) >= 11 is 0. The van der Waals surface area contributed by atoms with Gasteiger partial charge in [0.05, 0.1) is 6.10 Å². The Hall–Kier alpha value is -0.830. The second-order valence-corrected chi connectivity index (χ2v) is 9.72. The molecule has 0 spiro atoms. The number of rotatable bonds is 2. The number of allylic oxidation sites excluding steroid dienone is 1. The number of hydrogen-bond donors (Lipinski definition) is 0. The maximum absolute atomic E-state index is 11.4. The molecule has 0 aromatic heterocycles. The molecule has 3 nitrogen and oxygen atoms in total. The Labute approximate surface area is 152 Å². The first-order valence-corrected chi connectivity index (χ1v) is 10.3. The maximum atomic E-state index is 11.4. The molecule has 4 aliphatic rings. The molecule has 3 saturated carbocycles. The van der Waals surface area contributed by atoms with Crippen molar-refractivity contribution in [3.63, 3.8) is 0 Å². The molecule has 7 atom stereocenters. The summed E-state index contributed by atoms with van der Waals surface area (Å²) in [4.78, 5) is 11.4. The lowest BCUT2D eigenvalue weighted by Gasteiger charge is -2.57. The highest BCUT2D eigenvalue weighted by atomic mass is 16.5. The third-order valence-electron chi connectivity index (χ3n) is 8.45. The van der Waals surface area contributed by atoms with E-state index in [4.69, 9.17) is 9.47 Å². The minimum atomic E-state index is -0.112. The van der Waals surface area contributed by atoms with Crippen molar-refractivity contribution in [1.82, 2.24) is 0 Å². The van der Waals surface area contributed by atoms with E-state index in [9.17, 15) is 4.79 Å². The molecule has 3 fully saturated rings. The highest BCUT2D eigenvalue weighted by Crippen LogP contribution is 2.65. The van der Waals surface area contributed by atoms with Crippen molar-refractivity contribution in [2.45, 2.75) is 84.3 Å². The van der Waals surface area contributed by atoms with Crippen molar-refractivity contribution in [3.05, 3.63) is 11.6 Å². The average Bonchev–Trinajstić information content (AvgIpc) is 2.89. The standard InChI is InChI=1S/C22H34O3/c1-14(23)25-17-12-20-18-6-5-15-11-16(24-4)7-10-22(15,3)19(18)8-9-21(20,2)13-17/h5,16-20H,6-13H2,1-4H3/t16-,17-,18+,19-,20-,21+,22-/m0/s1. The molecule has 0 bridgehead atoms. The number of ether oxygens (including phenoxy) is 2. The minimum Gasteiger partial charge on any atom is -0.463 e. The van der Waals surface area contributed by atoms with Crippen molar-refractivity contribution in [1.29, 1.82) is 0 Å². The molecule has 4 rings (SSSR count). The molecule has 140 valence electrons. The van der Waals surface area contributed by atoms with Crippen LogP contribution in [0.5, 0.6) is 0 Å². The molecule has 0 aromatic carbocycles. The first-order chi connectivity index (χ1) is 11.9. The van der Waals surface area contributed by atoms with Crippen LogP contribution in [-0.2, 0) is 14.3 Å². The van der Waals surface area contributed by atoms with E-state index in [2.05, 4.69) is 19.9 Å². The molecular formula is C22H34O3. The summed E-state index contributed by atoms with van der Waals surface area (Å²) in [5.41, 5.74) is 2.41. The first-order valence-electron chi connectivity index (χ1n) is 10.3. The molecule has 4 aliphatic carbocycles. The molecule has 0 unspecified atom stereocenters. The lowest BCUT2D eigenvalue weighted by atomic mass is 9.48. The normalized spacial score (nSPS) is 48.8. The quantitative estimate of drug-likeness (QED) is 0.527. The summed E-state index contributed by atoms with van der Waals surface area (Å²) in [6.07, 6.45) is 12.8. The molecule has 0 radical (unpaired) electrons. The topological polar surface area (TPSA) is 35.5 Å². The molecular weight excluding hydrogens is 312 g/mol. The number of fused-ring (bicyclic) bond motifs is 5. The number of methoxy groups -OCH3 is 1. The lowest BCUT2D eigenvalue weighted by Crippen LogP contribution is -2.49. The van der Waals surface area contributed by atoms with Gasteiger partial charge in [0.15, 0.2) is 0 Å². The summed E-state index contributed by atoms with van der Waals surface area (Å²) in [6.45, 7) is 6.54. The Morgan fingerprint density at radius 2 is 1.96 bits per heavy atom. The molecule has 0 aromatic rings. The molecule has 0 amide bonds. The summed E-state index contributed by atoms with van der Waals surface area (Å²) in [5.74, 6) is 2.18. The minimum absolute atomic E-state index is 0.112. The maximum Gasteiger partial charge on any atom is 0.302 e. The van der Waals surface area contributed by atoms with Crippen LogP contribution in [0.2, 0.25) is 0 Å². The van der Waals surface area contributed by atoms with Gasteiger partial charge in [-0.15, -0.1) is 0 Å². The summed E-state index contributed by atoms with van der Waals surface area (Å²) < 4.78 is 11.3.